The number of aryl methyl sites for hydroxylation is 1. The van der Waals surface area contributed by atoms with E-state index in [0.29, 0.717) is 5.75 Å². The van der Waals surface area contributed by atoms with E-state index < -0.39 is 5.92 Å². The van der Waals surface area contributed by atoms with Crippen molar-refractivity contribution in [3.8, 4) is 17.6 Å². The summed E-state index contributed by atoms with van der Waals surface area (Å²) in [6, 6.07) is 11.0. The molecule has 0 saturated heterocycles. The number of rotatable bonds is 1. The second-order valence-corrected chi connectivity index (χ2v) is 5.15. The van der Waals surface area contributed by atoms with Crippen LogP contribution in [0.4, 0.5) is 4.39 Å². The van der Waals surface area contributed by atoms with E-state index in [2.05, 4.69) is 6.07 Å². The van der Waals surface area contributed by atoms with Gasteiger partial charge in [-0.15, -0.1) is 0 Å². The van der Waals surface area contributed by atoms with Crippen LogP contribution >= 0.6 is 0 Å². The molecule has 0 aromatic heterocycles. The fraction of sp³-hybridized carbons (Fsp3) is 0.118. The fourth-order valence-electron chi connectivity index (χ4n) is 2.77. The minimum Gasteiger partial charge on any atom is -0.508 e. The number of hydrogen-bond acceptors (Lipinski definition) is 4. The zero-order chi connectivity index (χ0) is 15.9. The van der Waals surface area contributed by atoms with Crippen LogP contribution in [0.25, 0.3) is 0 Å². The topological polar surface area (TPSA) is 79.3 Å². The summed E-state index contributed by atoms with van der Waals surface area (Å²) in [5.41, 5.74) is 8.36. The molecule has 0 aliphatic carbocycles. The average Bonchev–Trinajstić information content (AvgIpc) is 2.46. The number of hydrogen-bond donors (Lipinski definition) is 2. The van der Waals surface area contributed by atoms with E-state index in [4.69, 9.17) is 10.5 Å². The molecule has 2 aromatic rings. The smallest absolute Gasteiger partial charge is 0.205 e. The number of halogens is 1. The highest BCUT2D eigenvalue weighted by molar-refractivity contribution is 5.59. The summed E-state index contributed by atoms with van der Waals surface area (Å²) in [7, 11) is 0. The molecule has 2 aromatic carbocycles. The lowest BCUT2D eigenvalue weighted by Crippen LogP contribution is -2.21. The number of phenols is 1. The molecule has 1 unspecified atom stereocenters. The Kier molecular flexibility index (Phi) is 3.22. The minimum absolute atomic E-state index is 0.00525. The van der Waals surface area contributed by atoms with Gasteiger partial charge in [0.15, 0.2) is 0 Å². The first-order chi connectivity index (χ1) is 10.5. The molecule has 0 spiro atoms. The third-order valence-electron chi connectivity index (χ3n) is 3.72. The molecule has 0 saturated carbocycles. The quantitative estimate of drug-likeness (QED) is 0.847. The van der Waals surface area contributed by atoms with Gasteiger partial charge in [0.1, 0.15) is 29.0 Å². The van der Waals surface area contributed by atoms with E-state index in [0.717, 1.165) is 16.7 Å². The summed E-state index contributed by atoms with van der Waals surface area (Å²) in [6.07, 6.45) is 0. The highest BCUT2D eigenvalue weighted by atomic mass is 19.1. The molecule has 1 aliphatic rings. The predicted molar refractivity (Wildman–Crippen MR) is 78.5 cm³/mol. The van der Waals surface area contributed by atoms with Crippen LogP contribution in [-0.4, -0.2) is 5.11 Å². The SMILES string of the molecule is Cc1cc(O)cc2c1C(c1ccc(F)cc1)C(C#N)=C(N)O2. The number of phenolic OH excluding ortho intramolecular Hbond substituents is 1. The molecule has 1 aliphatic heterocycles. The van der Waals surface area contributed by atoms with E-state index in [1.165, 1.54) is 18.2 Å². The molecule has 3 rings (SSSR count). The summed E-state index contributed by atoms with van der Waals surface area (Å²) < 4.78 is 18.7. The number of nitrogens with two attached hydrogens (primary N) is 1. The Bertz CT molecular complexity index is 820. The molecule has 5 heteroatoms. The zero-order valence-electron chi connectivity index (χ0n) is 11.8. The number of nitrogens with zero attached hydrogens (tertiary/aromatic N) is 1. The van der Waals surface area contributed by atoms with Gasteiger partial charge in [-0.2, -0.15) is 5.26 Å². The molecule has 0 radical (unpaired) electrons. The van der Waals surface area contributed by atoms with E-state index in [9.17, 15) is 14.8 Å². The van der Waals surface area contributed by atoms with Crippen LogP contribution in [0.5, 0.6) is 11.5 Å². The number of allylic oxidation sites excluding steroid dienone is 1. The fourth-order valence-corrected chi connectivity index (χ4v) is 2.77. The molecule has 1 atom stereocenters. The van der Waals surface area contributed by atoms with Crippen LogP contribution in [0.2, 0.25) is 0 Å². The number of nitriles is 1. The van der Waals surface area contributed by atoms with Crippen molar-refractivity contribution in [2.24, 2.45) is 5.73 Å². The van der Waals surface area contributed by atoms with Crippen LogP contribution in [0.3, 0.4) is 0 Å². The zero-order valence-corrected chi connectivity index (χ0v) is 11.8. The van der Waals surface area contributed by atoms with E-state index in [1.54, 1.807) is 18.2 Å². The number of fused-ring (bicyclic) bond motifs is 1. The van der Waals surface area contributed by atoms with Gasteiger partial charge in [0, 0.05) is 11.6 Å². The van der Waals surface area contributed by atoms with Crippen molar-refractivity contribution < 1.29 is 14.2 Å². The molecule has 1 heterocycles. The summed E-state index contributed by atoms with van der Waals surface area (Å²) in [6.45, 7) is 1.81. The first-order valence-electron chi connectivity index (χ1n) is 6.68. The normalized spacial score (nSPS) is 16.7. The van der Waals surface area contributed by atoms with Crippen LogP contribution in [0.1, 0.15) is 22.6 Å². The van der Waals surface area contributed by atoms with Crippen LogP contribution < -0.4 is 10.5 Å². The lowest BCUT2D eigenvalue weighted by atomic mass is 9.81. The highest BCUT2D eigenvalue weighted by Crippen LogP contribution is 2.45. The maximum absolute atomic E-state index is 13.2. The van der Waals surface area contributed by atoms with Crippen molar-refractivity contribution in [2.75, 3.05) is 0 Å². The van der Waals surface area contributed by atoms with Crippen molar-refractivity contribution >= 4 is 0 Å². The van der Waals surface area contributed by atoms with Crippen LogP contribution in [0.15, 0.2) is 47.9 Å². The van der Waals surface area contributed by atoms with Gasteiger partial charge in [-0.25, -0.2) is 4.39 Å². The average molecular weight is 296 g/mol. The monoisotopic (exact) mass is 296 g/mol. The minimum atomic E-state index is -0.449. The van der Waals surface area contributed by atoms with Crippen LogP contribution in [-0.2, 0) is 0 Å². The Hall–Kier alpha value is -3.00. The largest absolute Gasteiger partial charge is 0.508 e. The van der Waals surface area contributed by atoms with E-state index in [-0.39, 0.29) is 23.0 Å². The highest BCUT2D eigenvalue weighted by Gasteiger charge is 2.32. The van der Waals surface area contributed by atoms with Gasteiger partial charge in [0.25, 0.3) is 0 Å². The Morgan fingerprint density at radius 3 is 2.59 bits per heavy atom. The number of ether oxygens (including phenoxy) is 1. The lowest BCUT2D eigenvalue weighted by Gasteiger charge is -2.28. The van der Waals surface area contributed by atoms with Crippen molar-refractivity contribution in [1.29, 1.82) is 5.26 Å². The molecular weight excluding hydrogens is 283 g/mol. The Labute approximate surface area is 126 Å². The van der Waals surface area contributed by atoms with Crippen molar-refractivity contribution in [3.05, 3.63) is 70.4 Å². The summed E-state index contributed by atoms with van der Waals surface area (Å²) in [5.74, 6) is -0.344. The Morgan fingerprint density at radius 2 is 1.95 bits per heavy atom. The van der Waals surface area contributed by atoms with Gasteiger partial charge >= 0.3 is 0 Å². The first kappa shape index (κ1) is 14.0. The second-order valence-electron chi connectivity index (χ2n) is 5.15. The van der Waals surface area contributed by atoms with Gasteiger partial charge in [-0.1, -0.05) is 12.1 Å². The lowest BCUT2D eigenvalue weighted by molar-refractivity contribution is 0.387. The molecule has 110 valence electrons. The summed E-state index contributed by atoms with van der Waals surface area (Å²) in [4.78, 5) is 0. The van der Waals surface area contributed by atoms with Gasteiger partial charge in [0.2, 0.25) is 5.88 Å². The number of aromatic hydroxyl groups is 1. The summed E-state index contributed by atoms with van der Waals surface area (Å²) >= 11 is 0. The maximum atomic E-state index is 13.2. The maximum Gasteiger partial charge on any atom is 0.205 e. The van der Waals surface area contributed by atoms with Gasteiger partial charge < -0.3 is 15.6 Å². The molecule has 0 bridgehead atoms. The first-order valence-corrected chi connectivity index (χ1v) is 6.68. The van der Waals surface area contributed by atoms with Crippen LogP contribution in [0, 0.1) is 24.1 Å². The molecular formula is C17H13FN2O2. The molecule has 0 amide bonds. The number of benzene rings is 2. The van der Waals surface area contributed by atoms with E-state index in [1.807, 2.05) is 6.92 Å². The van der Waals surface area contributed by atoms with Gasteiger partial charge in [-0.3, -0.25) is 0 Å². The van der Waals surface area contributed by atoms with Crippen molar-refractivity contribution in [3.63, 3.8) is 0 Å². The van der Waals surface area contributed by atoms with Crippen molar-refractivity contribution in [1.82, 2.24) is 0 Å². The molecule has 0 fully saturated rings. The third kappa shape index (κ3) is 2.15. The summed E-state index contributed by atoms with van der Waals surface area (Å²) in [5, 5.41) is 19.1. The van der Waals surface area contributed by atoms with E-state index >= 15 is 0 Å². The predicted octanol–water partition coefficient (Wildman–Crippen LogP) is 3.06. The third-order valence-corrected chi connectivity index (χ3v) is 3.72. The standard InChI is InChI=1S/C17H13FN2O2/c1-9-6-12(21)7-14-15(9)16(13(8-19)17(20)22-14)10-2-4-11(18)5-3-10/h2-7,16,21H,20H2,1H3. The Morgan fingerprint density at radius 1 is 1.27 bits per heavy atom. The molecule has 4 nitrogen and oxygen atoms in total. The Balaban J connectivity index is 2.27. The molecule has 3 N–H and O–H groups in total. The molecule has 22 heavy (non-hydrogen) atoms. The van der Waals surface area contributed by atoms with Gasteiger partial charge in [-0.05, 0) is 36.2 Å². The van der Waals surface area contributed by atoms with Crippen molar-refractivity contribution in [2.45, 2.75) is 12.8 Å². The second kappa shape index (κ2) is 5.08. The van der Waals surface area contributed by atoms with Gasteiger partial charge in [0.05, 0.1) is 5.92 Å².